The molecule has 2 aromatic rings. The summed E-state index contributed by atoms with van der Waals surface area (Å²) in [7, 11) is 0. The van der Waals surface area contributed by atoms with E-state index in [1.807, 2.05) is 37.3 Å². The van der Waals surface area contributed by atoms with Crippen molar-refractivity contribution in [2.24, 2.45) is 0 Å². The van der Waals surface area contributed by atoms with Gasteiger partial charge in [-0.3, -0.25) is 10.1 Å². The Balaban J connectivity index is 1.90. The minimum atomic E-state index is -0.512. The SMILES string of the molecule is CCNc1cc(OCC(=O)OCc2ccccc2)ccc1[N+](=O)[O-]. The average Bonchev–Trinajstić information content (AvgIpc) is 2.59. The third-order valence-corrected chi connectivity index (χ3v) is 3.13. The average molecular weight is 330 g/mol. The smallest absolute Gasteiger partial charge is 0.344 e. The predicted molar refractivity (Wildman–Crippen MR) is 89.0 cm³/mol. The van der Waals surface area contributed by atoms with Gasteiger partial charge in [-0.05, 0) is 18.6 Å². The van der Waals surface area contributed by atoms with E-state index in [2.05, 4.69) is 5.32 Å². The molecule has 0 unspecified atom stereocenters. The van der Waals surface area contributed by atoms with Gasteiger partial charge in [0.25, 0.3) is 5.69 Å². The molecule has 7 heteroatoms. The third-order valence-electron chi connectivity index (χ3n) is 3.13. The van der Waals surface area contributed by atoms with Crippen molar-refractivity contribution in [3.8, 4) is 5.75 Å². The van der Waals surface area contributed by atoms with Crippen molar-refractivity contribution in [2.75, 3.05) is 18.5 Å². The summed E-state index contributed by atoms with van der Waals surface area (Å²) in [4.78, 5) is 22.2. The van der Waals surface area contributed by atoms with Crippen LogP contribution < -0.4 is 10.1 Å². The van der Waals surface area contributed by atoms with Gasteiger partial charge in [-0.15, -0.1) is 0 Å². The van der Waals surface area contributed by atoms with Gasteiger partial charge in [0.1, 0.15) is 18.0 Å². The fourth-order valence-electron chi connectivity index (χ4n) is 2.02. The maximum absolute atomic E-state index is 11.7. The number of nitro benzene ring substituents is 1. The van der Waals surface area contributed by atoms with Crippen LogP contribution in [0.15, 0.2) is 48.5 Å². The Kier molecular flexibility index (Phi) is 6.13. The molecule has 2 aromatic carbocycles. The van der Waals surface area contributed by atoms with E-state index >= 15 is 0 Å². The van der Waals surface area contributed by atoms with E-state index in [0.717, 1.165) is 5.56 Å². The highest BCUT2D eigenvalue weighted by molar-refractivity contribution is 5.71. The molecule has 0 fully saturated rings. The van der Waals surface area contributed by atoms with Crippen molar-refractivity contribution in [1.29, 1.82) is 0 Å². The second-order valence-corrected chi connectivity index (χ2v) is 4.90. The molecule has 0 bridgehead atoms. The molecule has 0 aliphatic carbocycles. The molecule has 0 heterocycles. The fraction of sp³-hybridized carbons (Fsp3) is 0.235. The molecule has 0 aliphatic heterocycles. The number of ether oxygens (including phenoxy) is 2. The molecule has 0 saturated heterocycles. The molecule has 0 saturated carbocycles. The second-order valence-electron chi connectivity index (χ2n) is 4.90. The number of nitrogens with one attached hydrogen (secondary N) is 1. The lowest BCUT2D eigenvalue weighted by Gasteiger charge is -2.09. The van der Waals surface area contributed by atoms with Gasteiger partial charge in [-0.1, -0.05) is 30.3 Å². The van der Waals surface area contributed by atoms with Gasteiger partial charge in [0.15, 0.2) is 6.61 Å². The summed E-state index contributed by atoms with van der Waals surface area (Å²) in [6.45, 7) is 2.27. The lowest BCUT2D eigenvalue weighted by molar-refractivity contribution is -0.384. The molecule has 2 rings (SSSR count). The normalized spacial score (nSPS) is 10.0. The molecule has 0 amide bonds. The number of anilines is 1. The number of benzene rings is 2. The van der Waals surface area contributed by atoms with Crippen molar-refractivity contribution < 1.29 is 19.2 Å². The minimum absolute atomic E-state index is 0.0455. The number of carbonyl (C=O) groups excluding carboxylic acids is 1. The van der Waals surface area contributed by atoms with Crippen molar-refractivity contribution >= 4 is 17.3 Å². The highest BCUT2D eigenvalue weighted by Crippen LogP contribution is 2.28. The zero-order valence-corrected chi connectivity index (χ0v) is 13.2. The first-order valence-corrected chi connectivity index (χ1v) is 7.44. The van der Waals surface area contributed by atoms with Crippen LogP contribution in [0.4, 0.5) is 11.4 Å². The van der Waals surface area contributed by atoms with Crippen LogP contribution in [0.5, 0.6) is 5.75 Å². The highest BCUT2D eigenvalue weighted by atomic mass is 16.6. The van der Waals surface area contributed by atoms with Crippen molar-refractivity contribution in [2.45, 2.75) is 13.5 Å². The minimum Gasteiger partial charge on any atom is -0.482 e. The number of rotatable bonds is 8. The number of hydrogen-bond donors (Lipinski definition) is 1. The molecule has 0 aromatic heterocycles. The first-order valence-electron chi connectivity index (χ1n) is 7.44. The monoisotopic (exact) mass is 330 g/mol. The number of esters is 1. The summed E-state index contributed by atoms with van der Waals surface area (Å²) >= 11 is 0. The van der Waals surface area contributed by atoms with Gasteiger partial charge >= 0.3 is 5.97 Å². The van der Waals surface area contributed by atoms with E-state index in [-0.39, 0.29) is 18.9 Å². The van der Waals surface area contributed by atoms with Crippen LogP contribution in [0.1, 0.15) is 12.5 Å². The molecule has 7 nitrogen and oxygen atoms in total. The number of nitrogens with zero attached hydrogens (tertiary/aromatic N) is 1. The molecule has 0 radical (unpaired) electrons. The molecule has 24 heavy (non-hydrogen) atoms. The van der Waals surface area contributed by atoms with E-state index in [0.29, 0.717) is 18.0 Å². The standard InChI is InChI=1S/C17H18N2O5/c1-2-18-15-10-14(8-9-16(15)19(21)22)23-12-17(20)24-11-13-6-4-3-5-7-13/h3-10,18H,2,11-12H2,1H3. The Morgan fingerprint density at radius 1 is 1.21 bits per heavy atom. The Hall–Kier alpha value is -3.09. The molecule has 126 valence electrons. The van der Waals surface area contributed by atoms with Gasteiger partial charge < -0.3 is 14.8 Å². The summed E-state index contributed by atoms with van der Waals surface area (Å²) < 4.78 is 10.4. The van der Waals surface area contributed by atoms with Crippen molar-refractivity contribution in [3.05, 3.63) is 64.2 Å². The van der Waals surface area contributed by atoms with E-state index in [1.165, 1.54) is 18.2 Å². The lowest BCUT2D eigenvalue weighted by Crippen LogP contribution is -2.15. The molecule has 0 spiro atoms. The molecule has 0 atom stereocenters. The maximum atomic E-state index is 11.7. The van der Waals surface area contributed by atoms with Crippen LogP contribution in [0.3, 0.4) is 0 Å². The van der Waals surface area contributed by atoms with Gasteiger partial charge in [0.05, 0.1) is 4.92 Å². The topological polar surface area (TPSA) is 90.7 Å². The summed E-state index contributed by atoms with van der Waals surface area (Å²) in [5, 5.41) is 13.8. The molecular weight excluding hydrogens is 312 g/mol. The van der Waals surface area contributed by atoms with E-state index in [9.17, 15) is 14.9 Å². The van der Waals surface area contributed by atoms with Crippen LogP contribution >= 0.6 is 0 Å². The van der Waals surface area contributed by atoms with Gasteiger partial charge in [0.2, 0.25) is 0 Å². The molecule has 1 N–H and O–H groups in total. The highest BCUT2D eigenvalue weighted by Gasteiger charge is 2.14. The van der Waals surface area contributed by atoms with Crippen LogP contribution in [0.2, 0.25) is 0 Å². The Morgan fingerprint density at radius 2 is 1.96 bits per heavy atom. The summed E-state index contributed by atoms with van der Waals surface area (Å²) in [6, 6.07) is 13.6. The van der Waals surface area contributed by atoms with Crippen LogP contribution in [0.25, 0.3) is 0 Å². The zero-order valence-electron chi connectivity index (χ0n) is 13.2. The predicted octanol–water partition coefficient (Wildman–Crippen LogP) is 3.15. The van der Waals surface area contributed by atoms with Crippen molar-refractivity contribution in [3.63, 3.8) is 0 Å². The first kappa shape index (κ1) is 17.3. The fourth-order valence-corrected chi connectivity index (χ4v) is 2.02. The lowest BCUT2D eigenvalue weighted by atomic mass is 10.2. The maximum Gasteiger partial charge on any atom is 0.344 e. The largest absolute Gasteiger partial charge is 0.482 e. The summed E-state index contributed by atoms with van der Waals surface area (Å²) in [5.41, 5.74) is 1.18. The molecule has 0 aliphatic rings. The van der Waals surface area contributed by atoms with E-state index in [1.54, 1.807) is 0 Å². The van der Waals surface area contributed by atoms with Gasteiger partial charge in [0, 0.05) is 18.7 Å². The van der Waals surface area contributed by atoms with Crippen LogP contribution in [-0.4, -0.2) is 24.0 Å². The van der Waals surface area contributed by atoms with E-state index in [4.69, 9.17) is 9.47 Å². The van der Waals surface area contributed by atoms with Gasteiger partial charge in [-0.25, -0.2) is 4.79 Å². The summed E-state index contributed by atoms with van der Waals surface area (Å²) in [6.07, 6.45) is 0. The number of nitro groups is 1. The number of carbonyl (C=O) groups is 1. The Morgan fingerprint density at radius 3 is 2.62 bits per heavy atom. The first-order chi connectivity index (χ1) is 11.6. The van der Waals surface area contributed by atoms with Gasteiger partial charge in [-0.2, -0.15) is 0 Å². The van der Waals surface area contributed by atoms with Crippen molar-refractivity contribution in [1.82, 2.24) is 0 Å². The van der Waals surface area contributed by atoms with Crippen LogP contribution in [0, 0.1) is 10.1 Å². The quantitative estimate of drug-likeness (QED) is 0.454. The van der Waals surface area contributed by atoms with Crippen LogP contribution in [-0.2, 0) is 16.1 Å². The zero-order chi connectivity index (χ0) is 17.4. The second kappa shape index (κ2) is 8.52. The molecular formula is C17H18N2O5. The Labute approximate surface area is 139 Å². The van der Waals surface area contributed by atoms with E-state index < -0.39 is 10.9 Å². The number of hydrogen-bond acceptors (Lipinski definition) is 6. The Bertz CT molecular complexity index is 703. The summed E-state index contributed by atoms with van der Waals surface area (Å²) in [5.74, 6) is -0.157. The third kappa shape index (κ3) is 4.98.